The highest BCUT2D eigenvalue weighted by molar-refractivity contribution is 14.1. The van der Waals surface area contributed by atoms with Gasteiger partial charge in [-0.05, 0) is 42.6 Å². The van der Waals surface area contributed by atoms with Gasteiger partial charge in [0.15, 0.2) is 0 Å². The van der Waals surface area contributed by atoms with Crippen LogP contribution in [-0.4, -0.2) is 35.3 Å². The summed E-state index contributed by atoms with van der Waals surface area (Å²) in [6.07, 6.45) is 0. The van der Waals surface area contributed by atoms with Gasteiger partial charge in [-0.2, -0.15) is 5.10 Å². The van der Waals surface area contributed by atoms with Crippen LogP contribution in [0.2, 0.25) is 0 Å². The van der Waals surface area contributed by atoms with Crippen molar-refractivity contribution >= 4 is 28.4 Å². The topological polar surface area (TPSA) is 47.1 Å². The maximum atomic E-state index is 6.00. The Morgan fingerprint density at radius 1 is 1.47 bits per heavy atom. The van der Waals surface area contributed by atoms with Gasteiger partial charge in [0, 0.05) is 6.54 Å². The lowest BCUT2D eigenvalue weighted by Crippen LogP contribution is -2.20. The first-order chi connectivity index (χ1) is 6.93. The first kappa shape index (κ1) is 12.8. The largest absolute Gasteiger partial charge is 0.383 e. The lowest BCUT2D eigenvalue weighted by molar-refractivity contribution is 0.374. The van der Waals surface area contributed by atoms with Gasteiger partial charge in [-0.15, -0.1) is 0 Å². The van der Waals surface area contributed by atoms with Gasteiger partial charge in [0.2, 0.25) is 0 Å². The number of nitrogens with zero attached hydrogens (tertiary/aromatic N) is 3. The smallest absolute Gasteiger partial charge is 0.135 e. The van der Waals surface area contributed by atoms with Gasteiger partial charge in [0.05, 0.1) is 15.8 Å². The molecule has 15 heavy (non-hydrogen) atoms. The van der Waals surface area contributed by atoms with Crippen LogP contribution in [0.15, 0.2) is 0 Å². The highest BCUT2D eigenvalue weighted by atomic mass is 127. The third kappa shape index (κ3) is 3.07. The molecule has 0 radical (unpaired) electrons. The van der Waals surface area contributed by atoms with Crippen molar-refractivity contribution in [3.63, 3.8) is 0 Å². The summed E-state index contributed by atoms with van der Waals surface area (Å²) in [5.74, 6) is 1.22. The molecular weight excluding hydrogens is 303 g/mol. The van der Waals surface area contributed by atoms with Crippen molar-refractivity contribution in [2.45, 2.75) is 26.3 Å². The van der Waals surface area contributed by atoms with Crippen LogP contribution in [0.4, 0.5) is 5.82 Å². The molecule has 2 N–H and O–H groups in total. The molecule has 0 amide bonds. The SMILES string of the molecule is CC(C)c1nn(CCN(C)C)c(N)c1I. The predicted molar refractivity (Wildman–Crippen MR) is 72.0 cm³/mol. The number of halogens is 1. The molecule has 0 atom stereocenters. The van der Waals surface area contributed by atoms with E-state index in [9.17, 15) is 0 Å². The Balaban J connectivity index is 2.85. The molecule has 86 valence electrons. The molecule has 5 heteroatoms. The summed E-state index contributed by atoms with van der Waals surface area (Å²) in [5.41, 5.74) is 7.11. The average molecular weight is 322 g/mol. The van der Waals surface area contributed by atoms with E-state index in [1.807, 2.05) is 18.8 Å². The molecule has 0 aromatic carbocycles. The average Bonchev–Trinajstić information content (AvgIpc) is 2.41. The Morgan fingerprint density at radius 2 is 2.07 bits per heavy atom. The van der Waals surface area contributed by atoms with Crippen LogP contribution in [0.25, 0.3) is 0 Å². The van der Waals surface area contributed by atoms with Gasteiger partial charge < -0.3 is 10.6 Å². The normalized spacial score (nSPS) is 11.7. The van der Waals surface area contributed by atoms with Crippen LogP contribution in [0.5, 0.6) is 0 Å². The maximum absolute atomic E-state index is 6.00. The van der Waals surface area contributed by atoms with Gasteiger partial charge >= 0.3 is 0 Å². The van der Waals surface area contributed by atoms with E-state index in [4.69, 9.17) is 5.73 Å². The summed E-state index contributed by atoms with van der Waals surface area (Å²) in [7, 11) is 4.10. The summed E-state index contributed by atoms with van der Waals surface area (Å²) in [5, 5.41) is 4.54. The monoisotopic (exact) mass is 322 g/mol. The molecule has 0 unspecified atom stereocenters. The second-order valence-corrected chi connectivity index (χ2v) is 5.34. The summed E-state index contributed by atoms with van der Waals surface area (Å²) in [6.45, 7) is 6.08. The third-order valence-corrected chi connectivity index (χ3v) is 3.37. The van der Waals surface area contributed by atoms with Crippen LogP contribution in [0.3, 0.4) is 0 Å². The van der Waals surface area contributed by atoms with E-state index in [0.29, 0.717) is 5.92 Å². The molecule has 0 spiro atoms. The molecule has 0 aliphatic rings. The molecule has 0 fully saturated rings. The molecule has 1 aromatic rings. The fourth-order valence-electron chi connectivity index (χ4n) is 1.31. The fraction of sp³-hybridized carbons (Fsp3) is 0.700. The molecule has 1 aromatic heterocycles. The second kappa shape index (κ2) is 5.16. The van der Waals surface area contributed by atoms with E-state index < -0.39 is 0 Å². The van der Waals surface area contributed by atoms with Crippen molar-refractivity contribution in [2.75, 3.05) is 26.4 Å². The Kier molecular flexibility index (Phi) is 4.39. The zero-order valence-electron chi connectivity index (χ0n) is 9.79. The van der Waals surface area contributed by atoms with Crippen molar-refractivity contribution < 1.29 is 0 Å². The number of rotatable bonds is 4. The van der Waals surface area contributed by atoms with Crippen molar-refractivity contribution in [1.29, 1.82) is 0 Å². The fourth-order valence-corrected chi connectivity index (χ4v) is 2.32. The molecule has 0 aliphatic carbocycles. The lowest BCUT2D eigenvalue weighted by Gasteiger charge is -2.10. The Hall–Kier alpha value is -0.300. The predicted octanol–water partition coefficient (Wildman–Crippen LogP) is 1.75. The summed E-state index contributed by atoms with van der Waals surface area (Å²) in [6, 6.07) is 0. The van der Waals surface area contributed by atoms with E-state index in [-0.39, 0.29) is 0 Å². The lowest BCUT2D eigenvalue weighted by atomic mass is 10.1. The highest BCUT2D eigenvalue weighted by Crippen LogP contribution is 2.25. The van der Waals surface area contributed by atoms with Crippen LogP contribution in [0, 0.1) is 3.57 Å². The summed E-state index contributed by atoms with van der Waals surface area (Å²) >= 11 is 2.28. The Bertz CT molecular complexity index is 330. The molecule has 0 bridgehead atoms. The van der Waals surface area contributed by atoms with E-state index in [0.717, 1.165) is 28.2 Å². The van der Waals surface area contributed by atoms with Gasteiger partial charge in [-0.25, -0.2) is 4.68 Å². The number of nitrogen functional groups attached to an aromatic ring is 1. The molecule has 1 rings (SSSR count). The third-order valence-electron chi connectivity index (χ3n) is 2.26. The van der Waals surface area contributed by atoms with Gasteiger partial charge in [0.25, 0.3) is 0 Å². The van der Waals surface area contributed by atoms with E-state index >= 15 is 0 Å². The van der Waals surface area contributed by atoms with Crippen molar-refractivity contribution in [3.8, 4) is 0 Å². The standard InChI is InChI=1S/C10H19IN4/c1-7(2)9-8(11)10(12)15(13-9)6-5-14(3)4/h7H,5-6,12H2,1-4H3. The molecule has 0 saturated carbocycles. The first-order valence-corrected chi connectivity index (χ1v) is 6.17. The quantitative estimate of drug-likeness (QED) is 0.859. The van der Waals surface area contributed by atoms with Crippen molar-refractivity contribution in [3.05, 3.63) is 9.26 Å². The first-order valence-electron chi connectivity index (χ1n) is 5.10. The van der Waals surface area contributed by atoms with E-state index in [2.05, 4.69) is 46.4 Å². The van der Waals surface area contributed by atoms with Crippen LogP contribution >= 0.6 is 22.6 Å². The molecule has 4 nitrogen and oxygen atoms in total. The van der Waals surface area contributed by atoms with E-state index in [1.165, 1.54) is 0 Å². The Labute approximate surface area is 105 Å². The number of hydrogen-bond acceptors (Lipinski definition) is 3. The minimum Gasteiger partial charge on any atom is -0.383 e. The van der Waals surface area contributed by atoms with Crippen LogP contribution in [-0.2, 0) is 6.54 Å². The summed E-state index contributed by atoms with van der Waals surface area (Å²) < 4.78 is 3.00. The maximum Gasteiger partial charge on any atom is 0.135 e. The minimum absolute atomic E-state index is 0.430. The zero-order valence-corrected chi connectivity index (χ0v) is 11.9. The molecule has 1 heterocycles. The van der Waals surface area contributed by atoms with Crippen LogP contribution < -0.4 is 5.73 Å². The number of hydrogen-bond donors (Lipinski definition) is 1. The molecule has 0 aliphatic heterocycles. The number of anilines is 1. The van der Waals surface area contributed by atoms with Gasteiger partial charge in [-0.3, -0.25) is 0 Å². The van der Waals surface area contributed by atoms with Crippen molar-refractivity contribution in [2.24, 2.45) is 0 Å². The molecular formula is C10H19IN4. The minimum atomic E-state index is 0.430. The van der Waals surface area contributed by atoms with Crippen molar-refractivity contribution in [1.82, 2.24) is 14.7 Å². The number of nitrogens with two attached hydrogens (primary N) is 1. The summed E-state index contributed by atoms with van der Waals surface area (Å²) in [4.78, 5) is 2.13. The second-order valence-electron chi connectivity index (χ2n) is 4.27. The highest BCUT2D eigenvalue weighted by Gasteiger charge is 2.15. The number of aromatic nitrogens is 2. The zero-order chi connectivity index (χ0) is 11.6. The molecule has 0 saturated heterocycles. The van der Waals surface area contributed by atoms with Gasteiger partial charge in [-0.1, -0.05) is 13.8 Å². The van der Waals surface area contributed by atoms with E-state index in [1.54, 1.807) is 0 Å². The van der Waals surface area contributed by atoms with Crippen LogP contribution in [0.1, 0.15) is 25.5 Å². The number of likely N-dealkylation sites (N-methyl/N-ethyl adjacent to an activating group) is 1. The Morgan fingerprint density at radius 3 is 2.47 bits per heavy atom. The van der Waals surface area contributed by atoms with Gasteiger partial charge in [0.1, 0.15) is 5.82 Å².